The van der Waals surface area contributed by atoms with Crippen LogP contribution in [0.1, 0.15) is 44.1 Å². The molecule has 0 aliphatic rings. The summed E-state index contributed by atoms with van der Waals surface area (Å²) in [5, 5.41) is 7.37. The molecule has 1 amide bonds. The van der Waals surface area contributed by atoms with E-state index in [-0.39, 0.29) is 11.4 Å². The molecule has 1 heterocycles. The summed E-state index contributed by atoms with van der Waals surface area (Å²) in [6.07, 6.45) is 3.54. The van der Waals surface area contributed by atoms with Gasteiger partial charge >= 0.3 is 0 Å². The van der Waals surface area contributed by atoms with Crippen LogP contribution in [-0.4, -0.2) is 21.2 Å². The highest BCUT2D eigenvalue weighted by atomic mass is 16.2. The van der Waals surface area contributed by atoms with Crippen LogP contribution in [0.5, 0.6) is 0 Å². The van der Waals surface area contributed by atoms with Crippen molar-refractivity contribution in [3.63, 3.8) is 0 Å². The first kappa shape index (κ1) is 15.1. The van der Waals surface area contributed by atoms with Crippen LogP contribution in [0.4, 0.5) is 5.69 Å². The molecule has 21 heavy (non-hydrogen) atoms. The van der Waals surface area contributed by atoms with E-state index >= 15 is 0 Å². The average Bonchev–Trinajstić information content (AvgIpc) is 2.98. The van der Waals surface area contributed by atoms with E-state index in [4.69, 9.17) is 5.73 Å². The first-order valence-electron chi connectivity index (χ1n) is 7.21. The zero-order valence-corrected chi connectivity index (χ0v) is 12.8. The van der Waals surface area contributed by atoms with Crippen molar-refractivity contribution in [2.45, 2.75) is 39.2 Å². The van der Waals surface area contributed by atoms with Gasteiger partial charge in [-0.1, -0.05) is 13.8 Å². The number of nitrogen functional groups attached to an aromatic ring is 1. The Morgan fingerprint density at radius 1 is 1.24 bits per heavy atom. The molecule has 0 saturated carbocycles. The summed E-state index contributed by atoms with van der Waals surface area (Å²) in [4.78, 5) is 12.3. The van der Waals surface area contributed by atoms with E-state index < -0.39 is 0 Å². The van der Waals surface area contributed by atoms with E-state index in [9.17, 15) is 4.79 Å². The minimum absolute atomic E-state index is 0.143. The summed E-state index contributed by atoms with van der Waals surface area (Å²) >= 11 is 0. The van der Waals surface area contributed by atoms with Crippen LogP contribution < -0.4 is 11.1 Å². The van der Waals surface area contributed by atoms with Gasteiger partial charge in [0.1, 0.15) is 0 Å². The first-order chi connectivity index (χ1) is 9.97. The van der Waals surface area contributed by atoms with Crippen LogP contribution in [0.15, 0.2) is 36.5 Å². The fourth-order valence-electron chi connectivity index (χ4n) is 1.98. The Morgan fingerprint density at radius 2 is 1.86 bits per heavy atom. The number of aromatic nitrogens is 2. The zero-order chi connectivity index (χ0) is 15.5. The lowest BCUT2D eigenvalue weighted by Gasteiger charge is -2.27. The minimum atomic E-state index is -0.192. The number of carbonyl (C=O) groups excluding carboxylic acids is 1. The second-order valence-corrected chi connectivity index (χ2v) is 5.46. The minimum Gasteiger partial charge on any atom is -0.399 e. The maximum Gasteiger partial charge on any atom is 0.272 e. The zero-order valence-electron chi connectivity index (χ0n) is 12.8. The second kappa shape index (κ2) is 5.99. The molecule has 2 aromatic rings. The highest BCUT2D eigenvalue weighted by Gasteiger charge is 2.23. The van der Waals surface area contributed by atoms with Gasteiger partial charge in [-0.05, 0) is 50.1 Å². The normalized spacial score (nSPS) is 11.4. The van der Waals surface area contributed by atoms with Crippen molar-refractivity contribution in [3.8, 4) is 5.69 Å². The maximum absolute atomic E-state index is 12.3. The Balaban J connectivity index is 2.16. The van der Waals surface area contributed by atoms with Gasteiger partial charge in [-0.25, -0.2) is 4.68 Å². The number of carbonyl (C=O) groups is 1. The summed E-state index contributed by atoms with van der Waals surface area (Å²) in [5.74, 6) is -0.143. The van der Waals surface area contributed by atoms with Crippen molar-refractivity contribution in [1.82, 2.24) is 15.1 Å². The number of rotatable bonds is 5. The molecule has 0 aliphatic carbocycles. The molecule has 1 aromatic heterocycles. The summed E-state index contributed by atoms with van der Waals surface area (Å²) in [5.41, 5.74) is 7.46. The third-order valence-corrected chi connectivity index (χ3v) is 3.96. The maximum atomic E-state index is 12.3. The topological polar surface area (TPSA) is 72.9 Å². The molecule has 0 saturated heterocycles. The smallest absolute Gasteiger partial charge is 0.272 e. The quantitative estimate of drug-likeness (QED) is 0.830. The molecule has 3 N–H and O–H groups in total. The lowest BCUT2D eigenvalue weighted by Crippen LogP contribution is -2.45. The van der Waals surface area contributed by atoms with Crippen molar-refractivity contribution >= 4 is 11.6 Å². The Hall–Kier alpha value is -2.30. The number of hydrogen-bond acceptors (Lipinski definition) is 3. The number of benzene rings is 1. The van der Waals surface area contributed by atoms with E-state index in [2.05, 4.69) is 24.3 Å². The van der Waals surface area contributed by atoms with Gasteiger partial charge < -0.3 is 11.1 Å². The summed E-state index contributed by atoms with van der Waals surface area (Å²) in [6.45, 7) is 6.18. The van der Waals surface area contributed by atoms with Gasteiger partial charge in [-0.2, -0.15) is 5.10 Å². The van der Waals surface area contributed by atoms with Gasteiger partial charge in [0.15, 0.2) is 5.69 Å². The number of hydrogen-bond donors (Lipinski definition) is 2. The molecule has 5 heteroatoms. The third kappa shape index (κ3) is 3.42. The first-order valence-corrected chi connectivity index (χ1v) is 7.21. The largest absolute Gasteiger partial charge is 0.399 e. The van der Waals surface area contributed by atoms with Crippen LogP contribution in [0.2, 0.25) is 0 Å². The van der Waals surface area contributed by atoms with Crippen LogP contribution in [-0.2, 0) is 0 Å². The lowest BCUT2D eigenvalue weighted by atomic mass is 9.95. The molecular formula is C16H22N4O. The molecule has 5 nitrogen and oxygen atoms in total. The van der Waals surface area contributed by atoms with E-state index in [1.54, 1.807) is 16.9 Å². The molecule has 0 bridgehead atoms. The summed E-state index contributed by atoms with van der Waals surface area (Å²) < 4.78 is 1.67. The molecule has 0 radical (unpaired) electrons. The van der Waals surface area contributed by atoms with Crippen LogP contribution in [0.3, 0.4) is 0 Å². The predicted octanol–water partition coefficient (Wildman–Crippen LogP) is 2.76. The van der Waals surface area contributed by atoms with Gasteiger partial charge in [-0.15, -0.1) is 0 Å². The van der Waals surface area contributed by atoms with Gasteiger partial charge in [0, 0.05) is 17.4 Å². The van der Waals surface area contributed by atoms with E-state index in [1.807, 2.05) is 31.2 Å². The highest BCUT2D eigenvalue weighted by Crippen LogP contribution is 2.15. The van der Waals surface area contributed by atoms with Gasteiger partial charge in [0.25, 0.3) is 5.91 Å². The highest BCUT2D eigenvalue weighted by molar-refractivity contribution is 5.92. The SMILES string of the molecule is CCC(C)(CC)NC(=O)c1ccn(-c2ccc(N)cc2)n1. The molecule has 0 unspecified atom stereocenters. The molecule has 112 valence electrons. The van der Waals surface area contributed by atoms with Crippen LogP contribution in [0.25, 0.3) is 5.69 Å². The summed E-state index contributed by atoms with van der Waals surface area (Å²) in [7, 11) is 0. The number of nitrogens with one attached hydrogen (secondary N) is 1. The Kier molecular flexibility index (Phi) is 4.31. The Labute approximate surface area is 125 Å². The van der Waals surface area contributed by atoms with Crippen LogP contribution >= 0.6 is 0 Å². The lowest BCUT2D eigenvalue weighted by molar-refractivity contribution is 0.0895. The van der Waals surface area contributed by atoms with Gasteiger partial charge in [-0.3, -0.25) is 4.79 Å². The van der Waals surface area contributed by atoms with Crippen LogP contribution in [0, 0.1) is 0 Å². The van der Waals surface area contributed by atoms with Crippen molar-refractivity contribution in [3.05, 3.63) is 42.2 Å². The van der Waals surface area contributed by atoms with E-state index in [1.165, 1.54) is 0 Å². The molecule has 0 atom stereocenters. The molecule has 0 fully saturated rings. The fourth-order valence-corrected chi connectivity index (χ4v) is 1.98. The Morgan fingerprint density at radius 3 is 2.43 bits per heavy atom. The fraction of sp³-hybridized carbons (Fsp3) is 0.375. The van der Waals surface area contributed by atoms with E-state index in [0.29, 0.717) is 11.4 Å². The Bertz CT molecular complexity index is 611. The molecular weight excluding hydrogens is 264 g/mol. The number of nitrogens with zero attached hydrogens (tertiary/aromatic N) is 2. The van der Waals surface area contributed by atoms with Crippen molar-refractivity contribution in [2.75, 3.05) is 5.73 Å². The molecule has 2 rings (SSSR count). The predicted molar refractivity (Wildman–Crippen MR) is 84.4 cm³/mol. The summed E-state index contributed by atoms with van der Waals surface area (Å²) in [6, 6.07) is 9.07. The van der Waals surface area contributed by atoms with E-state index in [0.717, 1.165) is 18.5 Å². The molecule has 0 spiro atoms. The average molecular weight is 286 g/mol. The molecule has 1 aromatic carbocycles. The van der Waals surface area contributed by atoms with Gasteiger partial charge in [0.05, 0.1) is 5.69 Å². The molecule has 0 aliphatic heterocycles. The standard InChI is InChI=1S/C16H22N4O/c1-4-16(3,5-2)18-15(21)14-10-11-20(19-14)13-8-6-12(17)7-9-13/h6-11H,4-5,17H2,1-3H3,(H,18,21). The number of nitrogens with two attached hydrogens (primary N) is 1. The van der Waals surface area contributed by atoms with Crippen molar-refractivity contribution in [1.29, 1.82) is 0 Å². The number of amides is 1. The number of anilines is 1. The van der Waals surface area contributed by atoms with Crippen molar-refractivity contribution < 1.29 is 4.79 Å². The monoisotopic (exact) mass is 286 g/mol. The second-order valence-electron chi connectivity index (χ2n) is 5.46. The third-order valence-electron chi connectivity index (χ3n) is 3.96. The van der Waals surface area contributed by atoms with Crippen molar-refractivity contribution in [2.24, 2.45) is 0 Å². The van der Waals surface area contributed by atoms with Gasteiger partial charge in [0.2, 0.25) is 0 Å².